The highest BCUT2D eigenvalue weighted by molar-refractivity contribution is 5.18. The monoisotopic (exact) mass is 247 g/mol. The number of piperidine rings is 1. The van der Waals surface area contributed by atoms with Crippen LogP contribution >= 0.6 is 0 Å². The Morgan fingerprint density at radius 2 is 2.06 bits per heavy atom. The van der Waals surface area contributed by atoms with E-state index in [1.807, 2.05) is 6.07 Å². The third kappa shape index (κ3) is 3.56. The van der Waals surface area contributed by atoms with Crippen LogP contribution in [0.2, 0.25) is 0 Å². The van der Waals surface area contributed by atoms with Crippen molar-refractivity contribution in [2.24, 2.45) is 5.92 Å². The molecule has 2 N–H and O–H groups in total. The fourth-order valence-electron chi connectivity index (χ4n) is 2.89. The molecule has 1 heterocycles. The van der Waals surface area contributed by atoms with Gasteiger partial charge in [-0.25, -0.2) is 0 Å². The van der Waals surface area contributed by atoms with Crippen LogP contribution in [0.5, 0.6) is 0 Å². The molecule has 0 aromatic heterocycles. The Labute approximate surface area is 110 Å². The smallest absolute Gasteiger partial charge is 0.0699 e. The van der Waals surface area contributed by atoms with Gasteiger partial charge in [-0.3, -0.25) is 0 Å². The molecule has 0 bridgehead atoms. The summed E-state index contributed by atoms with van der Waals surface area (Å²) in [5.74, 6) is 1.15. The standard InChI is InChI=1S/C16H25NO/c1-12-8-9-17-15(10-12)16(18)11-13(2)14-6-4-3-5-7-14/h3-7,12-13,15-18H,8-11H2,1-2H3. The molecule has 1 aromatic rings. The lowest BCUT2D eigenvalue weighted by Gasteiger charge is -2.32. The number of aliphatic hydroxyl groups excluding tert-OH is 1. The van der Waals surface area contributed by atoms with Gasteiger partial charge in [0.25, 0.3) is 0 Å². The van der Waals surface area contributed by atoms with Crippen LogP contribution in [0, 0.1) is 5.92 Å². The van der Waals surface area contributed by atoms with E-state index < -0.39 is 0 Å². The topological polar surface area (TPSA) is 32.3 Å². The molecular formula is C16H25NO. The zero-order chi connectivity index (χ0) is 13.0. The van der Waals surface area contributed by atoms with E-state index in [0.717, 1.165) is 25.3 Å². The number of nitrogens with one attached hydrogen (secondary N) is 1. The molecule has 18 heavy (non-hydrogen) atoms. The van der Waals surface area contributed by atoms with Gasteiger partial charge in [-0.05, 0) is 43.2 Å². The van der Waals surface area contributed by atoms with Crippen LogP contribution in [-0.4, -0.2) is 23.8 Å². The quantitative estimate of drug-likeness (QED) is 0.857. The molecule has 1 aliphatic rings. The number of rotatable bonds is 4. The van der Waals surface area contributed by atoms with E-state index in [1.54, 1.807) is 0 Å². The van der Waals surface area contributed by atoms with Gasteiger partial charge in [-0.15, -0.1) is 0 Å². The van der Waals surface area contributed by atoms with Gasteiger partial charge in [-0.1, -0.05) is 44.2 Å². The van der Waals surface area contributed by atoms with Crippen molar-refractivity contribution in [1.29, 1.82) is 0 Å². The summed E-state index contributed by atoms with van der Waals surface area (Å²) in [4.78, 5) is 0. The average Bonchev–Trinajstić information content (AvgIpc) is 2.39. The summed E-state index contributed by atoms with van der Waals surface area (Å²) in [7, 11) is 0. The summed E-state index contributed by atoms with van der Waals surface area (Å²) in [6, 6.07) is 10.7. The first-order chi connectivity index (χ1) is 8.66. The molecule has 0 saturated carbocycles. The van der Waals surface area contributed by atoms with E-state index in [2.05, 4.69) is 43.4 Å². The Bertz CT molecular complexity index is 351. The Morgan fingerprint density at radius 3 is 2.72 bits per heavy atom. The summed E-state index contributed by atoms with van der Waals surface area (Å²) < 4.78 is 0. The van der Waals surface area contributed by atoms with Crippen LogP contribution in [0.1, 0.15) is 44.6 Å². The lowest BCUT2D eigenvalue weighted by atomic mass is 9.86. The summed E-state index contributed by atoms with van der Waals surface area (Å²) in [5.41, 5.74) is 1.32. The number of aliphatic hydroxyl groups is 1. The molecule has 0 radical (unpaired) electrons. The Morgan fingerprint density at radius 1 is 1.33 bits per heavy atom. The SMILES string of the molecule is CC1CCNC(C(O)CC(C)c2ccccc2)C1. The van der Waals surface area contributed by atoms with Crippen molar-refractivity contribution in [2.45, 2.75) is 51.2 Å². The zero-order valence-electron chi connectivity index (χ0n) is 11.5. The summed E-state index contributed by atoms with van der Waals surface area (Å²) in [6.45, 7) is 5.52. The second-order valence-corrected chi connectivity index (χ2v) is 5.80. The molecule has 0 aliphatic carbocycles. The lowest BCUT2D eigenvalue weighted by Crippen LogP contribution is -2.45. The molecule has 0 spiro atoms. The van der Waals surface area contributed by atoms with E-state index >= 15 is 0 Å². The van der Waals surface area contributed by atoms with Crippen molar-refractivity contribution in [1.82, 2.24) is 5.32 Å². The molecule has 2 nitrogen and oxygen atoms in total. The molecular weight excluding hydrogens is 222 g/mol. The largest absolute Gasteiger partial charge is 0.391 e. The lowest BCUT2D eigenvalue weighted by molar-refractivity contribution is 0.0883. The minimum atomic E-state index is -0.233. The Kier molecular flexibility index (Phi) is 4.79. The highest BCUT2D eigenvalue weighted by atomic mass is 16.3. The normalized spacial score (nSPS) is 27.7. The van der Waals surface area contributed by atoms with Crippen molar-refractivity contribution in [3.05, 3.63) is 35.9 Å². The van der Waals surface area contributed by atoms with Gasteiger partial charge in [0.1, 0.15) is 0 Å². The number of benzene rings is 1. The van der Waals surface area contributed by atoms with E-state index in [-0.39, 0.29) is 12.1 Å². The van der Waals surface area contributed by atoms with Crippen LogP contribution < -0.4 is 5.32 Å². The molecule has 100 valence electrons. The fourth-order valence-corrected chi connectivity index (χ4v) is 2.89. The molecule has 2 rings (SSSR count). The van der Waals surface area contributed by atoms with Gasteiger partial charge in [0.05, 0.1) is 6.10 Å². The predicted molar refractivity (Wildman–Crippen MR) is 75.7 cm³/mol. The van der Waals surface area contributed by atoms with Gasteiger partial charge in [0, 0.05) is 6.04 Å². The fraction of sp³-hybridized carbons (Fsp3) is 0.625. The van der Waals surface area contributed by atoms with Crippen LogP contribution in [0.4, 0.5) is 0 Å². The molecule has 1 fully saturated rings. The van der Waals surface area contributed by atoms with Gasteiger partial charge in [0.2, 0.25) is 0 Å². The average molecular weight is 247 g/mol. The number of hydrogen-bond acceptors (Lipinski definition) is 2. The first kappa shape index (κ1) is 13.6. The highest BCUT2D eigenvalue weighted by Gasteiger charge is 2.26. The molecule has 2 heteroatoms. The van der Waals surface area contributed by atoms with Gasteiger partial charge < -0.3 is 10.4 Å². The van der Waals surface area contributed by atoms with Crippen LogP contribution in [0.15, 0.2) is 30.3 Å². The molecule has 1 aromatic carbocycles. The Hall–Kier alpha value is -0.860. The van der Waals surface area contributed by atoms with Crippen LogP contribution in [0.25, 0.3) is 0 Å². The van der Waals surface area contributed by atoms with E-state index in [1.165, 1.54) is 12.0 Å². The van der Waals surface area contributed by atoms with Crippen molar-refractivity contribution in [2.75, 3.05) is 6.54 Å². The molecule has 1 saturated heterocycles. The second kappa shape index (κ2) is 6.35. The summed E-state index contributed by atoms with van der Waals surface area (Å²) >= 11 is 0. The van der Waals surface area contributed by atoms with Gasteiger partial charge in [-0.2, -0.15) is 0 Å². The maximum atomic E-state index is 10.4. The third-order valence-corrected chi connectivity index (χ3v) is 4.13. The molecule has 4 unspecified atom stereocenters. The molecule has 0 amide bonds. The summed E-state index contributed by atoms with van der Waals surface area (Å²) in [5, 5.41) is 13.8. The van der Waals surface area contributed by atoms with E-state index in [0.29, 0.717) is 5.92 Å². The second-order valence-electron chi connectivity index (χ2n) is 5.80. The van der Waals surface area contributed by atoms with Crippen molar-refractivity contribution >= 4 is 0 Å². The van der Waals surface area contributed by atoms with Crippen LogP contribution in [0.3, 0.4) is 0 Å². The van der Waals surface area contributed by atoms with Crippen molar-refractivity contribution in [3.8, 4) is 0 Å². The van der Waals surface area contributed by atoms with Gasteiger partial charge >= 0.3 is 0 Å². The highest BCUT2D eigenvalue weighted by Crippen LogP contribution is 2.25. The molecule has 4 atom stereocenters. The van der Waals surface area contributed by atoms with E-state index in [9.17, 15) is 5.11 Å². The Balaban J connectivity index is 1.88. The first-order valence-corrected chi connectivity index (χ1v) is 7.13. The van der Waals surface area contributed by atoms with E-state index in [4.69, 9.17) is 0 Å². The first-order valence-electron chi connectivity index (χ1n) is 7.13. The summed E-state index contributed by atoms with van der Waals surface area (Å²) in [6.07, 6.45) is 2.94. The predicted octanol–water partition coefficient (Wildman–Crippen LogP) is 2.93. The minimum Gasteiger partial charge on any atom is -0.391 e. The minimum absolute atomic E-state index is 0.233. The van der Waals surface area contributed by atoms with Crippen molar-refractivity contribution < 1.29 is 5.11 Å². The molecule has 1 aliphatic heterocycles. The zero-order valence-corrected chi connectivity index (χ0v) is 11.5. The number of hydrogen-bond donors (Lipinski definition) is 2. The third-order valence-electron chi connectivity index (χ3n) is 4.13. The van der Waals surface area contributed by atoms with Crippen LogP contribution in [-0.2, 0) is 0 Å². The maximum Gasteiger partial charge on any atom is 0.0699 e. The van der Waals surface area contributed by atoms with Crippen molar-refractivity contribution in [3.63, 3.8) is 0 Å². The maximum absolute atomic E-state index is 10.4. The van der Waals surface area contributed by atoms with Gasteiger partial charge in [0.15, 0.2) is 0 Å².